The lowest BCUT2D eigenvalue weighted by Crippen LogP contribution is -1.84. The molecule has 1 heterocycles. The topological polar surface area (TPSA) is 56.0 Å². The third kappa shape index (κ3) is 1.25. The molecule has 0 radical (unpaired) electrons. The van der Waals surface area contributed by atoms with Gasteiger partial charge in [-0.3, -0.25) is 10.1 Å². The summed E-state index contributed by atoms with van der Waals surface area (Å²) >= 11 is 3.98. The van der Waals surface area contributed by atoms with E-state index in [1.807, 2.05) is 0 Å². The van der Waals surface area contributed by atoms with E-state index in [-0.39, 0.29) is 5.69 Å². The Balaban J connectivity index is 3.08. The first kappa shape index (κ1) is 6.63. The van der Waals surface area contributed by atoms with Crippen LogP contribution in [0.25, 0.3) is 0 Å². The predicted octanol–water partition coefficient (Wildman–Crippen LogP) is 1.81. The zero-order valence-electron chi connectivity index (χ0n) is 4.07. The van der Waals surface area contributed by atoms with Crippen molar-refractivity contribution in [2.75, 3.05) is 0 Å². The van der Waals surface area contributed by atoms with Gasteiger partial charge in [0, 0.05) is 0 Å². The summed E-state index contributed by atoms with van der Waals surface area (Å²) in [5.74, 6) is 0. The maximum atomic E-state index is 10.0. The smallest absolute Gasteiger partial charge is 0.258 e. The molecule has 6 heteroatoms. The number of hydrogen-bond donors (Lipinski definition) is 0. The van der Waals surface area contributed by atoms with Crippen LogP contribution in [0.2, 0.25) is 0 Å². The Morgan fingerprint density at radius 2 is 2.56 bits per heavy atom. The minimum atomic E-state index is -0.479. The van der Waals surface area contributed by atoms with Gasteiger partial charge in [0.15, 0.2) is 4.60 Å². The van der Waals surface area contributed by atoms with Crippen LogP contribution in [-0.4, -0.2) is 9.30 Å². The van der Waals surface area contributed by atoms with E-state index in [1.165, 1.54) is 5.38 Å². The molecule has 0 saturated carbocycles. The van der Waals surface area contributed by atoms with Gasteiger partial charge in [0.05, 0.1) is 10.3 Å². The van der Waals surface area contributed by atoms with Gasteiger partial charge in [0.1, 0.15) is 0 Å². The van der Waals surface area contributed by atoms with Crippen LogP contribution in [0.3, 0.4) is 0 Å². The van der Waals surface area contributed by atoms with E-state index in [0.717, 1.165) is 11.5 Å². The summed E-state index contributed by atoms with van der Waals surface area (Å²) < 4.78 is 3.96. The summed E-state index contributed by atoms with van der Waals surface area (Å²) in [5, 5.41) is 11.4. The number of halogens is 1. The van der Waals surface area contributed by atoms with Gasteiger partial charge >= 0.3 is 5.69 Å². The number of hydrogen-bond acceptors (Lipinski definition) is 4. The fraction of sp³-hybridized carbons (Fsp3) is 0. The van der Waals surface area contributed by atoms with Crippen LogP contribution in [0.5, 0.6) is 0 Å². The van der Waals surface area contributed by atoms with Gasteiger partial charge in [-0.2, -0.15) is 4.37 Å². The van der Waals surface area contributed by atoms with Crippen molar-refractivity contribution in [2.24, 2.45) is 0 Å². The maximum Gasteiger partial charge on any atom is 0.314 e. The van der Waals surface area contributed by atoms with E-state index in [9.17, 15) is 10.1 Å². The number of rotatable bonds is 1. The molecule has 0 N–H and O–H groups in total. The van der Waals surface area contributed by atoms with Crippen molar-refractivity contribution in [1.82, 2.24) is 4.37 Å². The van der Waals surface area contributed by atoms with Crippen molar-refractivity contribution in [3.05, 3.63) is 20.1 Å². The third-order valence-corrected chi connectivity index (χ3v) is 2.14. The Bertz CT molecular complexity index is 235. The molecule has 0 fully saturated rings. The summed E-state index contributed by atoms with van der Waals surface area (Å²) in [6, 6.07) is 0. The van der Waals surface area contributed by atoms with Crippen LogP contribution in [0, 0.1) is 10.1 Å². The van der Waals surface area contributed by atoms with Gasteiger partial charge in [0.25, 0.3) is 0 Å². The summed E-state index contributed by atoms with van der Waals surface area (Å²) in [6.45, 7) is 0. The molecule has 1 aromatic rings. The van der Waals surface area contributed by atoms with Gasteiger partial charge in [-0.15, -0.1) is 0 Å². The average Bonchev–Trinajstić information content (AvgIpc) is 2.13. The molecular formula is C3HBrN2O2S. The largest absolute Gasteiger partial charge is 0.314 e. The molecule has 0 unspecified atom stereocenters. The Morgan fingerprint density at radius 3 is 2.78 bits per heavy atom. The lowest BCUT2D eigenvalue weighted by Gasteiger charge is -1.80. The molecule has 0 amide bonds. The highest BCUT2D eigenvalue weighted by Crippen LogP contribution is 2.24. The molecule has 0 aliphatic heterocycles. The lowest BCUT2D eigenvalue weighted by atomic mass is 10.6. The summed E-state index contributed by atoms with van der Waals surface area (Å²) in [4.78, 5) is 9.55. The van der Waals surface area contributed by atoms with Crippen LogP contribution in [-0.2, 0) is 0 Å². The van der Waals surface area contributed by atoms with Crippen LogP contribution < -0.4 is 0 Å². The Morgan fingerprint density at radius 1 is 1.89 bits per heavy atom. The molecule has 0 atom stereocenters. The first-order valence-electron chi connectivity index (χ1n) is 1.96. The summed E-state index contributed by atoms with van der Waals surface area (Å²) in [7, 11) is 0. The highest BCUT2D eigenvalue weighted by atomic mass is 79.9. The molecule has 0 spiro atoms. The highest BCUT2D eigenvalue weighted by Gasteiger charge is 2.12. The summed E-state index contributed by atoms with van der Waals surface area (Å²) in [5.41, 5.74) is 0.0278. The monoisotopic (exact) mass is 208 g/mol. The second-order valence-corrected chi connectivity index (χ2v) is 2.63. The molecule has 0 aliphatic rings. The van der Waals surface area contributed by atoms with E-state index in [0.29, 0.717) is 4.60 Å². The zero-order valence-corrected chi connectivity index (χ0v) is 6.48. The molecular weight excluding hydrogens is 208 g/mol. The van der Waals surface area contributed by atoms with Gasteiger partial charge in [-0.05, 0) is 27.5 Å². The van der Waals surface area contributed by atoms with Gasteiger partial charge in [-0.25, -0.2) is 0 Å². The second-order valence-electron chi connectivity index (χ2n) is 1.25. The van der Waals surface area contributed by atoms with Crippen molar-refractivity contribution in [1.29, 1.82) is 0 Å². The molecule has 48 valence electrons. The number of aromatic nitrogens is 1. The molecule has 0 bridgehead atoms. The van der Waals surface area contributed by atoms with Crippen molar-refractivity contribution < 1.29 is 4.92 Å². The quantitative estimate of drug-likeness (QED) is 0.523. The minimum absolute atomic E-state index is 0.0278. The first-order valence-corrected chi connectivity index (χ1v) is 3.59. The van der Waals surface area contributed by atoms with Crippen molar-refractivity contribution >= 4 is 33.1 Å². The van der Waals surface area contributed by atoms with Crippen molar-refractivity contribution in [2.45, 2.75) is 0 Å². The van der Waals surface area contributed by atoms with E-state index in [1.54, 1.807) is 0 Å². The van der Waals surface area contributed by atoms with Gasteiger partial charge in [-0.1, -0.05) is 0 Å². The fourth-order valence-electron chi connectivity index (χ4n) is 0.336. The average molecular weight is 209 g/mol. The van der Waals surface area contributed by atoms with E-state index < -0.39 is 4.92 Å². The molecule has 0 aliphatic carbocycles. The van der Waals surface area contributed by atoms with Crippen LogP contribution in [0.15, 0.2) is 9.98 Å². The van der Waals surface area contributed by atoms with Crippen LogP contribution >= 0.6 is 27.5 Å². The maximum absolute atomic E-state index is 10.0. The molecule has 1 rings (SSSR count). The molecule has 1 aromatic heterocycles. The van der Waals surface area contributed by atoms with E-state index in [2.05, 4.69) is 20.3 Å². The van der Waals surface area contributed by atoms with Crippen molar-refractivity contribution in [3.8, 4) is 0 Å². The standard InChI is InChI=1S/C3HBrN2O2S/c4-3-2(6(7)8)1-9-5-3/h1H. The number of nitro groups is 1. The Kier molecular flexibility index (Phi) is 1.77. The van der Waals surface area contributed by atoms with Gasteiger partial charge in [0.2, 0.25) is 0 Å². The molecule has 0 saturated heterocycles. The Hall–Kier alpha value is -0.490. The van der Waals surface area contributed by atoms with Crippen LogP contribution in [0.4, 0.5) is 5.69 Å². The first-order chi connectivity index (χ1) is 4.22. The predicted molar refractivity (Wildman–Crippen MR) is 36.5 cm³/mol. The molecule has 9 heavy (non-hydrogen) atoms. The molecule has 4 nitrogen and oxygen atoms in total. The zero-order chi connectivity index (χ0) is 6.85. The van der Waals surface area contributed by atoms with Gasteiger partial charge < -0.3 is 0 Å². The van der Waals surface area contributed by atoms with E-state index in [4.69, 9.17) is 0 Å². The van der Waals surface area contributed by atoms with E-state index >= 15 is 0 Å². The molecule has 0 aromatic carbocycles. The van der Waals surface area contributed by atoms with Crippen molar-refractivity contribution in [3.63, 3.8) is 0 Å². The van der Waals surface area contributed by atoms with Crippen LogP contribution in [0.1, 0.15) is 0 Å². The summed E-state index contributed by atoms with van der Waals surface area (Å²) in [6.07, 6.45) is 0. The Labute approximate surface area is 63.0 Å². The number of nitrogens with zero attached hydrogens (tertiary/aromatic N) is 2. The highest BCUT2D eigenvalue weighted by molar-refractivity contribution is 9.10. The normalized spacial score (nSPS) is 9.44. The second kappa shape index (κ2) is 2.40. The SMILES string of the molecule is O=[N+]([O-])c1csnc1Br. The fourth-order valence-corrected chi connectivity index (χ4v) is 1.53. The lowest BCUT2D eigenvalue weighted by molar-refractivity contribution is -0.385. The third-order valence-electron chi connectivity index (χ3n) is 0.705. The minimum Gasteiger partial charge on any atom is -0.258 e.